The highest BCUT2D eigenvalue weighted by Gasteiger charge is 2.26. The highest BCUT2D eigenvalue weighted by atomic mass is 35.5. The fourth-order valence-electron chi connectivity index (χ4n) is 1.11. The number of nitrogens with one attached hydrogen (secondary N) is 1. The zero-order valence-corrected chi connectivity index (χ0v) is 9.65. The maximum absolute atomic E-state index is 12.9. The zero-order valence-electron chi connectivity index (χ0n) is 8.90. The third kappa shape index (κ3) is 2.55. The molecule has 0 saturated heterocycles. The van der Waals surface area contributed by atoms with Gasteiger partial charge < -0.3 is 5.32 Å². The molecule has 2 nitrogen and oxygen atoms in total. The molecule has 0 bridgehead atoms. The number of rotatable bonds is 3. The quantitative estimate of drug-likeness (QED) is 0.808. The highest BCUT2D eigenvalue weighted by molar-refractivity contribution is 6.31. The van der Waals surface area contributed by atoms with Crippen LogP contribution in [0.4, 0.5) is 4.39 Å². The second kappa shape index (κ2) is 4.29. The molecule has 4 heteroatoms. The Kier molecular flexibility index (Phi) is 3.47. The Morgan fingerprint density at radius 1 is 1.47 bits per heavy atom. The monoisotopic (exact) mass is 229 g/mol. The van der Waals surface area contributed by atoms with E-state index in [0.29, 0.717) is 5.56 Å². The maximum Gasteiger partial charge on any atom is 0.182 e. The van der Waals surface area contributed by atoms with Gasteiger partial charge in [-0.3, -0.25) is 4.79 Å². The van der Waals surface area contributed by atoms with E-state index in [1.54, 1.807) is 20.9 Å². The molecule has 1 aromatic rings. The third-order valence-electron chi connectivity index (χ3n) is 2.37. The van der Waals surface area contributed by atoms with Gasteiger partial charge in [0.05, 0.1) is 10.6 Å². The smallest absolute Gasteiger partial charge is 0.182 e. The summed E-state index contributed by atoms with van der Waals surface area (Å²) in [5.41, 5.74) is -0.276. The lowest BCUT2D eigenvalue weighted by Gasteiger charge is -2.22. The molecule has 0 fully saturated rings. The molecule has 0 radical (unpaired) electrons. The van der Waals surface area contributed by atoms with Gasteiger partial charge in [-0.15, -0.1) is 0 Å². The largest absolute Gasteiger partial charge is 0.308 e. The topological polar surface area (TPSA) is 29.1 Å². The number of hydrogen-bond acceptors (Lipinski definition) is 2. The summed E-state index contributed by atoms with van der Waals surface area (Å²) in [5, 5.41) is 2.85. The van der Waals surface area contributed by atoms with Crippen molar-refractivity contribution < 1.29 is 9.18 Å². The van der Waals surface area contributed by atoms with Crippen LogP contribution in [0.15, 0.2) is 18.2 Å². The number of carbonyl (C=O) groups is 1. The summed E-state index contributed by atoms with van der Waals surface area (Å²) < 4.78 is 12.9. The van der Waals surface area contributed by atoms with Crippen molar-refractivity contribution in [1.29, 1.82) is 0 Å². The van der Waals surface area contributed by atoms with E-state index in [9.17, 15) is 9.18 Å². The van der Waals surface area contributed by atoms with Crippen LogP contribution in [-0.2, 0) is 0 Å². The van der Waals surface area contributed by atoms with E-state index < -0.39 is 11.4 Å². The third-order valence-corrected chi connectivity index (χ3v) is 2.66. The minimum absolute atomic E-state index is 0.0345. The molecule has 15 heavy (non-hydrogen) atoms. The lowest BCUT2D eigenvalue weighted by atomic mass is 9.93. The molecule has 0 amide bonds. The molecule has 0 aliphatic heterocycles. The van der Waals surface area contributed by atoms with E-state index in [1.807, 2.05) is 0 Å². The summed E-state index contributed by atoms with van der Waals surface area (Å²) in [5.74, 6) is -0.637. The predicted octanol–water partition coefficient (Wildman–Crippen LogP) is 2.66. The molecule has 1 aromatic carbocycles. The Morgan fingerprint density at radius 2 is 2.07 bits per heavy atom. The summed E-state index contributed by atoms with van der Waals surface area (Å²) in [4.78, 5) is 11.9. The summed E-state index contributed by atoms with van der Waals surface area (Å²) in [7, 11) is 1.70. The lowest BCUT2D eigenvalue weighted by molar-refractivity contribution is 0.0889. The average molecular weight is 230 g/mol. The van der Waals surface area contributed by atoms with E-state index in [-0.39, 0.29) is 10.8 Å². The normalized spacial score (nSPS) is 11.5. The van der Waals surface area contributed by atoms with Crippen LogP contribution in [-0.4, -0.2) is 18.4 Å². The van der Waals surface area contributed by atoms with Crippen LogP contribution in [0.1, 0.15) is 24.2 Å². The molecule has 0 aromatic heterocycles. The van der Waals surface area contributed by atoms with Crippen LogP contribution in [0, 0.1) is 5.82 Å². The first kappa shape index (κ1) is 12.1. The van der Waals surface area contributed by atoms with Gasteiger partial charge in [0.1, 0.15) is 5.82 Å². The van der Waals surface area contributed by atoms with Crippen LogP contribution < -0.4 is 5.32 Å². The first-order valence-electron chi connectivity index (χ1n) is 4.57. The van der Waals surface area contributed by atoms with Gasteiger partial charge in [0.2, 0.25) is 0 Å². The first-order valence-corrected chi connectivity index (χ1v) is 4.95. The van der Waals surface area contributed by atoms with Crippen molar-refractivity contribution in [3.8, 4) is 0 Å². The van der Waals surface area contributed by atoms with E-state index in [4.69, 9.17) is 11.6 Å². The predicted molar refractivity (Wildman–Crippen MR) is 58.9 cm³/mol. The molecule has 0 unspecified atom stereocenters. The van der Waals surface area contributed by atoms with E-state index >= 15 is 0 Å². The number of benzene rings is 1. The van der Waals surface area contributed by atoms with E-state index in [2.05, 4.69) is 5.32 Å². The van der Waals surface area contributed by atoms with Gasteiger partial charge in [0, 0.05) is 5.56 Å². The van der Waals surface area contributed by atoms with Crippen molar-refractivity contribution in [3.05, 3.63) is 34.6 Å². The molecule has 0 atom stereocenters. The van der Waals surface area contributed by atoms with Crippen LogP contribution >= 0.6 is 11.6 Å². The average Bonchev–Trinajstić information content (AvgIpc) is 2.21. The number of Topliss-reactive ketones (excluding diaryl/α,β-unsaturated/α-hetero) is 1. The molecule has 0 aliphatic carbocycles. The van der Waals surface area contributed by atoms with Crippen LogP contribution in [0.25, 0.3) is 0 Å². The molecule has 82 valence electrons. The van der Waals surface area contributed by atoms with Crippen LogP contribution in [0.5, 0.6) is 0 Å². The molecule has 0 saturated carbocycles. The molecule has 0 heterocycles. The van der Waals surface area contributed by atoms with Crippen molar-refractivity contribution >= 4 is 17.4 Å². The van der Waals surface area contributed by atoms with Gasteiger partial charge in [0.25, 0.3) is 0 Å². The SMILES string of the molecule is CNC(C)(C)C(=O)c1ccc(F)c(Cl)c1. The molecule has 1 N–H and O–H groups in total. The minimum Gasteiger partial charge on any atom is -0.308 e. The van der Waals surface area contributed by atoms with Crippen LogP contribution in [0.3, 0.4) is 0 Å². The second-order valence-corrected chi connectivity index (χ2v) is 4.24. The molecule has 0 spiro atoms. The van der Waals surface area contributed by atoms with Crippen molar-refractivity contribution in [1.82, 2.24) is 5.32 Å². The molecular formula is C11H13ClFNO. The van der Waals surface area contributed by atoms with Gasteiger partial charge in [-0.05, 0) is 39.1 Å². The summed E-state index contributed by atoms with van der Waals surface area (Å²) in [6.07, 6.45) is 0. The van der Waals surface area contributed by atoms with Gasteiger partial charge in [-0.2, -0.15) is 0 Å². The van der Waals surface area contributed by atoms with Gasteiger partial charge in [-0.1, -0.05) is 11.6 Å². The van der Waals surface area contributed by atoms with Gasteiger partial charge >= 0.3 is 0 Å². The maximum atomic E-state index is 12.9. The van der Waals surface area contributed by atoms with Crippen molar-refractivity contribution in [2.24, 2.45) is 0 Å². The molecule has 0 aliphatic rings. The number of hydrogen-bond donors (Lipinski definition) is 1. The number of carbonyl (C=O) groups excluding carboxylic acids is 1. The van der Waals surface area contributed by atoms with Gasteiger partial charge in [0.15, 0.2) is 5.78 Å². The van der Waals surface area contributed by atoms with E-state index in [0.717, 1.165) is 0 Å². The zero-order chi connectivity index (χ0) is 11.6. The molecular weight excluding hydrogens is 217 g/mol. The molecule has 1 rings (SSSR count). The fraction of sp³-hybridized carbons (Fsp3) is 0.364. The van der Waals surface area contributed by atoms with Crippen molar-refractivity contribution in [3.63, 3.8) is 0 Å². The highest BCUT2D eigenvalue weighted by Crippen LogP contribution is 2.19. The van der Waals surface area contributed by atoms with Crippen LogP contribution in [0.2, 0.25) is 5.02 Å². The lowest BCUT2D eigenvalue weighted by Crippen LogP contribution is -2.44. The second-order valence-electron chi connectivity index (χ2n) is 3.83. The Morgan fingerprint density at radius 3 is 2.53 bits per heavy atom. The Balaban J connectivity index is 3.08. The Bertz CT molecular complexity index is 390. The Labute approximate surface area is 93.4 Å². The number of ketones is 1. The van der Waals surface area contributed by atoms with E-state index in [1.165, 1.54) is 18.2 Å². The van der Waals surface area contributed by atoms with Crippen molar-refractivity contribution in [2.45, 2.75) is 19.4 Å². The Hall–Kier alpha value is -0.930. The first-order chi connectivity index (χ1) is 6.88. The van der Waals surface area contributed by atoms with Gasteiger partial charge in [-0.25, -0.2) is 4.39 Å². The van der Waals surface area contributed by atoms with Crippen molar-refractivity contribution in [2.75, 3.05) is 7.05 Å². The number of halogens is 2. The fourth-order valence-corrected chi connectivity index (χ4v) is 1.29. The minimum atomic E-state index is -0.679. The summed E-state index contributed by atoms with van der Waals surface area (Å²) >= 11 is 5.60. The summed E-state index contributed by atoms with van der Waals surface area (Å²) in [6.45, 7) is 3.51. The standard InChI is InChI=1S/C11H13ClFNO/c1-11(2,14-3)10(15)7-4-5-9(13)8(12)6-7/h4-6,14H,1-3H3. The summed E-state index contributed by atoms with van der Waals surface area (Å²) in [6, 6.07) is 3.97. The number of likely N-dealkylation sites (N-methyl/N-ethyl adjacent to an activating group) is 1.